The van der Waals surface area contributed by atoms with Crippen LogP contribution < -0.4 is 11.0 Å². The molecule has 0 amide bonds. The van der Waals surface area contributed by atoms with Crippen molar-refractivity contribution < 1.29 is 0 Å². The van der Waals surface area contributed by atoms with Crippen LogP contribution in [0.1, 0.15) is 0 Å². The predicted molar refractivity (Wildman–Crippen MR) is 66.9 cm³/mol. The van der Waals surface area contributed by atoms with Crippen molar-refractivity contribution in [2.45, 2.75) is 0 Å². The third-order valence-electron chi connectivity index (χ3n) is 2.23. The smallest absolute Gasteiger partial charge is 0.248 e. The summed E-state index contributed by atoms with van der Waals surface area (Å²) in [5, 5.41) is 21.5. The molecule has 1 heterocycles. The summed E-state index contributed by atoms with van der Waals surface area (Å²) in [5.74, 6) is 0. The third-order valence-corrected chi connectivity index (χ3v) is 2.23. The first-order valence-electron chi connectivity index (χ1n) is 5.00. The topological polar surface area (TPSA) is 105 Å². The number of aromatic amines is 1. The van der Waals surface area contributed by atoms with Crippen LogP contribution in [0.25, 0.3) is 10.9 Å². The summed E-state index contributed by atoms with van der Waals surface area (Å²) in [4.78, 5) is 13.8. The number of rotatable bonds is 2. The Morgan fingerprint density at radius 2 is 1.94 bits per heavy atom. The van der Waals surface area contributed by atoms with E-state index in [-0.39, 0.29) is 11.3 Å². The van der Waals surface area contributed by atoms with Gasteiger partial charge in [0.25, 0.3) is 0 Å². The Bertz CT molecular complexity index is 744. The Kier molecular flexibility index (Phi) is 3.04. The Morgan fingerprint density at radius 3 is 2.67 bits per heavy atom. The molecule has 0 atom stereocenters. The minimum atomic E-state index is -0.267. The number of benzene rings is 1. The molecule has 0 aliphatic rings. The molecule has 6 nitrogen and oxygen atoms in total. The summed E-state index contributed by atoms with van der Waals surface area (Å²) < 4.78 is 0. The van der Waals surface area contributed by atoms with Gasteiger partial charge in [0, 0.05) is 6.07 Å². The van der Waals surface area contributed by atoms with Crippen molar-refractivity contribution in [3.8, 4) is 12.1 Å². The standard InChI is InChI=1S/C12H7N5O/c13-6-10(7-14)17-16-9-3-1-8-2-4-12(18)15-11(8)5-9/h1-5,16H,(H,15,18). The molecule has 0 saturated carbocycles. The van der Waals surface area contributed by atoms with E-state index in [9.17, 15) is 4.79 Å². The molecule has 0 bridgehead atoms. The summed E-state index contributed by atoms with van der Waals surface area (Å²) in [5.41, 5.74) is 3.34. The van der Waals surface area contributed by atoms with Gasteiger partial charge in [0.05, 0.1) is 11.2 Å². The van der Waals surface area contributed by atoms with Crippen molar-refractivity contribution in [1.29, 1.82) is 10.5 Å². The summed E-state index contributed by atoms with van der Waals surface area (Å²) in [7, 11) is 0. The van der Waals surface area contributed by atoms with E-state index in [1.54, 1.807) is 36.4 Å². The quantitative estimate of drug-likeness (QED) is 0.607. The zero-order valence-electron chi connectivity index (χ0n) is 9.14. The molecule has 86 valence electrons. The number of nitrogens with one attached hydrogen (secondary N) is 2. The molecule has 0 saturated heterocycles. The van der Waals surface area contributed by atoms with Crippen LogP contribution >= 0.6 is 0 Å². The second-order valence-electron chi connectivity index (χ2n) is 3.42. The van der Waals surface area contributed by atoms with Crippen LogP contribution in [0.15, 0.2) is 40.2 Å². The van der Waals surface area contributed by atoms with Gasteiger partial charge in [0.1, 0.15) is 12.1 Å². The lowest BCUT2D eigenvalue weighted by molar-refractivity contribution is 1.29. The van der Waals surface area contributed by atoms with Crippen LogP contribution in [-0.4, -0.2) is 10.7 Å². The minimum absolute atomic E-state index is 0.196. The number of hydrazone groups is 1. The maximum atomic E-state index is 11.2. The second kappa shape index (κ2) is 4.81. The zero-order chi connectivity index (χ0) is 13.0. The fourth-order valence-electron chi connectivity index (χ4n) is 1.41. The number of pyridine rings is 1. The number of aromatic nitrogens is 1. The minimum Gasteiger partial charge on any atom is -0.322 e. The molecule has 1 aromatic carbocycles. The summed E-state index contributed by atoms with van der Waals surface area (Å²) >= 11 is 0. The van der Waals surface area contributed by atoms with E-state index in [4.69, 9.17) is 10.5 Å². The molecule has 0 radical (unpaired) electrons. The maximum absolute atomic E-state index is 11.2. The molecule has 1 aromatic heterocycles. The van der Waals surface area contributed by atoms with Gasteiger partial charge >= 0.3 is 0 Å². The number of hydrogen-bond acceptors (Lipinski definition) is 5. The highest BCUT2D eigenvalue weighted by Gasteiger charge is 1.98. The highest BCUT2D eigenvalue weighted by Crippen LogP contribution is 2.15. The monoisotopic (exact) mass is 237 g/mol. The predicted octanol–water partition coefficient (Wildman–Crippen LogP) is 1.34. The fourth-order valence-corrected chi connectivity index (χ4v) is 1.41. The van der Waals surface area contributed by atoms with E-state index >= 15 is 0 Å². The van der Waals surface area contributed by atoms with Gasteiger partial charge < -0.3 is 4.98 Å². The Labute approximate surface area is 102 Å². The van der Waals surface area contributed by atoms with E-state index < -0.39 is 0 Å². The van der Waals surface area contributed by atoms with Crippen LogP contribution in [0.5, 0.6) is 0 Å². The van der Waals surface area contributed by atoms with Crippen LogP contribution in [-0.2, 0) is 0 Å². The summed E-state index contributed by atoms with van der Waals surface area (Å²) in [6.07, 6.45) is 0. The van der Waals surface area contributed by atoms with Crippen LogP contribution in [0, 0.1) is 22.7 Å². The van der Waals surface area contributed by atoms with Gasteiger partial charge in [-0.1, -0.05) is 6.07 Å². The molecular formula is C12H7N5O. The first kappa shape index (κ1) is 11.4. The Hall–Kier alpha value is -3.12. The number of nitriles is 2. The first-order chi connectivity index (χ1) is 8.72. The number of H-pyrrole nitrogens is 1. The number of fused-ring (bicyclic) bond motifs is 1. The lowest BCUT2D eigenvalue weighted by Crippen LogP contribution is -2.02. The maximum Gasteiger partial charge on any atom is 0.248 e. The third kappa shape index (κ3) is 2.34. The molecule has 2 rings (SSSR count). The molecule has 0 unspecified atom stereocenters. The molecule has 18 heavy (non-hydrogen) atoms. The summed E-state index contributed by atoms with van der Waals surface area (Å²) in [6.45, 7) is 0. The number of anilines is 1. The van der Waals surface area contributed by atoms with E-state index in [1.807, 2.05) is 0 Å². The van der Waals surface area contributed by atoms with Crippen molar-refractivity contribution in [1.82, 2.24) is 4.98 Å². The highest BCUT2D eigenvalue weighted by molar-refractivity contribution is 6.10. The molecule has 2 N–H and O–H groups in total. The summed E-state index contributed by atoms with van der Waals surface area (Å²) in [6, 6.07) is 11.6. The van der Waals surface area contributed by atoms with Crippen molar-refractivity contribution >= 4 is 22.3 Å². The van der Waals surface area contributed by atoms with Crippen molar-refractivity contribution in [3.05, 3.63) is 40.7 Å². The van der Waals surface area contributed by atoms with Crippen molar-refractivity contribution in [3.63, 3.8) is 0 Å². The Morgan fingerprint density at radius 1 is 1.22 bits per heavy atom. The van der Waals surface area contributed by atoms with Gasteiger partial charge in [-0.25, -0.2) is 0 Å². The molecular weight excluding hydrogens is 230 g/mol. The van der Waals surface area contributed by atoms with Gasteiger partial charge in [0.15, 0.2) is 0 Å². The van der Waals surface area contributed by atoms with Gasteiger partial charge in [-0.15, -0.1) is 0 Å². The van der Waals surface area contributed by atoms with Gasteiger partial charge in [-0.05, 0) is 23.6 Å². The normalized spacial score (nSPS) is 9.22. The molecule has 0 aliphatic carbocycles. The van der Waals surface area contributed by atoms with Gasteiger partial charge in [-0.3, -0.25) is 10.2 Å². The average molecular weight is 237 g/mol. The molecule has 0 spiro atoms. The van der Waals surface area contributed by atoms with Gasteiger partial charge in [-0.2, -0.15) is 15.6 Å². The second-order valence-corrected chi connectivity index (χ2v) is 3.42. The number of hydrogen-bond donors (Lipinski definition) is 2. The lowest BCUT2D eigenvalue weighted by atomic mass is 10.2. The van der Waals surface area contributed by atoms with Crippen LogP contribution in [0.4, 0.5) is 5.69 Å². The van der Waals surface area contributed by atoms with Crippen molar-refractivity contribution in [2.75, 3.05) is 5.43 Å². The van der Waals surface area contributed by atoms with Gasteiger partial charge in [0.2, 0.25) is 11.3 Å². The van der Waals surface area contributed by atoms with Crippen LogP contribution in [0.2, 0.25) is 0 Å². The van der Waals surface area contributed by atoms with E-state index in [0.717, 1.165) is 5.39 Å². The van der Waals surface area contributed by atoms with Crippen LogP contribution in [0.3, 0.4) is 0 Å². The largest absolute Gasteiger partial charge is 0.322 e. The first-order valence-corrected chi connectivity index (χ1v) is 5.00. The fraction of sp³-hybridized carbons (Fsp3) is 0. The Balaban J connectivity index is 2.37. The van der Waals surface area contributed by atoms with E-state index in [0.29, 0.717) is 11.2 Å². The molecule has 6 heteroatoms. The van der Waals surface area contributed by atoms with E-state index in [2.05, 4.69) is 15.5 Å². The molecule has 0 fully saturated rings. The average Bonchev–Trinajstić information content (AvgIpc) is 2.39. The lowest BCUT2D eigenvalue weighted by Gasteiger charge is -2.02. The number of nitrogens with zero attached hydrogens (tertiary/aromatic N) is 3. The van der Waals surface area contributed by atoms with Crippen molar-refractivity contribution in [2.24, 2.45) is 5.10 Å². The highest BCUT2D eigenvalue weighted by atomic mass is 16.1. The molecule has 2 aromatic rings. The van der Waals surface area contributed by atoms with E-state index in [1.165, 1.54) is 6.07 Å². The molecule has 0 aliphatic heterocycles. The SMILES string of the molecule is N#CC(C#N)=NNc1ccc2ccc(=O)[nH]c2c1. The zero-order valence-corrected chi connectivity index (χ0v) is 9.14.